The van der Waals surface area contributed by atoms with Crippen LogP contribution in [0.15, 0.2) is 36.8 Å². The van der Waals surface area contributed by atoms with Crippen LogP contribution in [0.2, 0.25) is 0 Å². The fraction of sp³-hybridized carbons (Fsp3) is 0.667. The molecule has 0 spiro atoms. The van der Waals surface area contributed by atoms with Gasteiger partial charge in [0.2, 0.25) is 0 Å². The summed E-state index contributed by atoms with van der Waals surface area (Å²) >= 11 is 0. The van der Waals surface area contributed by atoms with Crippen LogP contribution in [-0.2, 0) is 22.2 Å². The normalized spacial score (nSPS) is 12.2. The van der Waals surface area contributed by atoms with Gasteiger partial charge in [0.05, 0.1) is 6.54 Å². The molecule has 0 aliphatic heterocycles. The van der Waals surface area contributed by atoms with E-state index in [1.807, 2.05) is 0 Å². The zero-order chi connectivity index (χ0) is 24.5. The number of nitrogens with zero attached hydrogens (tertiary/aromatic N) is 3. The second-order valence-corrected chi connectivity index (χ2v) is 12.5. The Morgan fingerprint density at radius 3 is 1.82 bits per heavy atom. The maximum Gasteiger partial charge on any atom is 0.379 e. The van der Waals surface area contributed by atoms with Gasteiger partial charge in [-0.25, -0.2) is 4.57 Å². The smallest absolute Gasteiger partial charge is 0.379 e. The van der Waals surface area contributed by atoms with Crippen molar-refractivity contribution >= 4 is 10.2 Å². The number of hydrogen-bond donors (Lipinski definition) is 0. The lowest BCUT2D eigenvalue weighted by Gasteiger charge is -2.18. The maximum absolute atomic E-state index is 12.7. The average Bonchev–Trinajstić information content (AvgIpc) is 3.19. The summed E-state index contributed by atoms with van der Waals surface area (Å²) in [6.45, 7) is 9.69. The Bertz CT molecular complexity index is 945. The van der Waals surface area contributed by atoms with Crippen LogP contribution in [0.1, 0.15) is 97.5 Å². The lowest BCUT2D eigenvalue weighted by Crippen LogP contribution is -3.00. The Kier molecular flexibility index (Phi) is 12.9. The summed E-state index contributed by atoms with van der Waals surface area (Å²) < 4.78 is 30.2. The van der Waals surface area contributed by atoms with Gasteiger partial charge in [0.1, 0.15) is 0 Å². The van der Waals surface area contributed by atoms with Crippen LogP contribution in [-0.4, -0.2) is 31.4 Å². The van der Waals surface area contributed by atoms with Crippen molar-refractivity contribution in [1.29, 1.82) is 0 Å². The quantitative estimate of drug-likeness (QED) is 0.288. The zero-order valence-corrected chi connectivity index (χ0v) is 23.8. The first-order valence-electron chi connectivity index (χ1n) is 12.7. The highest BCUT2D eigenvalue weighted by Gasteiger charge is 2.26. The molecule has 0 bridgehead atoms. The van der Waals surface area contributed by atoms with Gasteiger partial charge in [-0.3, -0.25) is 0 Å². The van der Waals surface area contributed by atoms with E-state index in [1.165, 1.54) is 71.6 Å². The highest BCUT2D eigenvalue weighted by atomic mass is 35.5. The second-order valence-electron chi connectivity index (χ2n) is 10.5. The third-order valence-corrected chi connectivity index (χ3v) is 7.99. The standard InChI is InChI=1S/C27H46N3O2S.ClH/c1-7-8-9-10-11-12-13-14-15-16-21-29-23-30(33(31,32)28(5)6)22-26(29)24-17-19-25(20-18-24)27(2,3)4;/h17-20,22-23H,7-16,21H2,1-6H3;1H/q+1;/p-1. The Balaban J connectivity index is 0.00000578. The molecule has 2 aromatic rings. The summed E-state index contributed by atoms with van der Waals surface area (Å²) in [7, 11) is -0.403. The van der Waals surface area contributed by atoms with Crippen molar-refractivity contribution in [3.8, 4) is 11.3 Å². The summed E-state index contributed by atoms with van der Waals surface area (Å²) in [5.74, 6) is 0. The van der Waals surface area contributed by atoms with Crippen molar-refractivity contribution < 1.29 is 24.8 Å². The minimum atomic E-state index is -3.54. The summed E-state index contributed by atoms with van der Waals surface area (Å²) in [5.41, 5.74) is 3.34. The lowest BCUT2D eigenvalue weighted by atomic mass is 9.86. The fourth-order valence-electron chi connectivity index (χ4n) is 4.07. The molecule has 0 aliphatic rings. The van der Waals surface area contributed by atoms with Crippen LogP contribution in [0.5, 0.6) is 0 Å². The molecule has 1 aromatic carbocycles. The molecule has 194 valence electrons. The molecule has 5 nitrogen and oxygen atoms in total. The predicted octanol–water partition coefficient (Wildman–Crippen LogP) is 3.32. The molecule has 2 rings (SSSR count). The van der Waals surface area contributed by atoms with E-state index in [0.29, 0.717) is 0 Å². The number of unbranched alkanes of at least 4 members (excludes halogenated alkanes) is 9. The van der Waals surface area contributed by atoms with Gasteiger partial charge in [0, 0.05) is 19.7 Å². The molecule has 0 saturated heterocycles. The van der Waals surface area contributed by atoms with Gasteiger partial charge in [0.15, 0.2) is 11.9 Å². The van der Waals surface area contributed by atoms with Crippen LogP contribution < -0.4 is 16.4 Å². The molecule has 0 saturated carbocycles. The van der Waals surface area contributed by atoms with Crippen molar-refractivity contribution in [2.75, 3.05) is 14.1 Å². The van der Waals surface area contributed by atoms with Crippen molar-refractivity contribution in [3.05, 3.63) is 42.4 Å². The number of hydrogen-bond acceptors (Lipinski definition) is 2. The number of imidazole rings is 1. The molecule has 0 radical (unpaired) electrons. The molecule has 0 atom stereocenters. The van der Waals surface area contributed by atoms with Crippen LogP contribution in [0.25, 0.3) is 11.3 Å². The van der Waals surface area contributed by atoms with Crippen LogP contribution in [0.3, 0.4) is 0 Å². The van der Waals surface area contributed by atoms with E-state index in [1.54, 1.807) is 26.6 Å². The van der Waals surface area contributed by atoms with E-state index < -0.39 is 10.2 Å². The monoisotopic (exact) mass is 511 g/mol. The molecular formula is C27H46ClN3O2S. The highest BCUT2D eigenvalue weighted by molar-refractivity contribution is 7.82. The molecule has 0 aliphatic carbocycles. The van der Waals surface area contributed by atoms with E-state index in [2.05, 4.69) is 56.5 Å². The number of aryl methyl sites for hydroxylation is 1. The van der Waals surface area contributed by atoms with E-state index in [0.717, 1.165) is 24.2 Å². The van der Waals surface area contributed by atoms with Gasteiger partial charge in [0.25, 0.3) is 6.33 Å². The Morgan fingerprint density at radius 1 is 0.853 bits per heavy atom. The van der Waals surface area contributed by atoms with Crippen molar-refractivity contribution in [3.63, 3.8) is 0 Å². The number of benzene rings is 1. The van der Waals surface area contributed by atoms with Gasteiger partial charge in [-0.2, -0.15) is 12.7 Å². The number of rotatable bonds is 14. The first-order chi connectivity index (χ1) is 15.6. The Labute approximate surface area is 215 Å². The predicted molar refractivity (Wildman–Crippen MR) is 139 cm³/mol. The molecule has 0 fully saturated rings. The summed E-state index contributed by atoms with van der Waals surface area (Å²) in [6, 6.07) is 8.52. The van der Waals surface area contributed by atoms with Crippen molar-refractivity contribution in [2.45, 2.75) is 104 Å². The summed E-state index contributed by atoms with van der Waals surface area (Å²) in [4.78, 5) is 0. The maximum atomic E-state index is 12.7. The van der Waals surface area contributed by atoms with E-state index in [-0.39, 0.29) is 17.8 Å². The zero-order valence-electron chi connectivity index (χ0n) is 22.2. The van der Waals surface area contributed by atoms with Crippen LogP contribution in [0, 0.1) is 0 Å². The largest absolute Gasteiger partial charge is 1.00 e. The molecular weight excluding hydrogens is 466 g/mol. The van der Waals surface area contributed by atoms with E-state index in [9.17, 15) is 8.42 Å². The molecule has 1 aromatic heterocycles. The Morgan fingerprint density at radius 2 is 1.35 bits per heavy atom. The van der Waals surface area contributed by atoms with Gasteiger partial charge in [-0.15, -0.1) is 3.97 Å². The molecule has 0 N–H and O–H groups in total. The highest BCUT2D eigenvalue weighted by Crippen LogP contribution is 2.26. The van der Waals surface area contributed by atoms with E-state index in [4.69, 9.17) is 0 Å². The first kappa shape index (κ1) is 30.7. The van der Waals surface area contributed by atoms with Gasteiger partial charge in [-0.1, -0.05) is 103 Å². The summed E-state index contributed by atoms with van der Waals surface area (Å²) in [6.07, 6.45) is 16.4. The van der Waals surface area contributed by atoms with Crippen LogP contribution >= 0.6 is 0 Å². The molecule has 0 unspecified atom stereocenters. The fourth-order valence-corrected chi connectivity index (χ4v) is 4.91. The van der Waals surface area contributed by atoms with Crippen LogP contribution in [0.4, 0.5) is 0 Å². The second kappa shape index (κ2) is 14.3. The molecule has 1 heterocycles. The summed E-state index contributed by atoms with van der Waals surface area (Å²) in [5, 5.41) is 0. The molecule has 34 heavy (non-hydrogen) atoms. The third kappa shape index (κ3) is 9.01. The average molecular weight is 512 g/mol. The van der Waals surface area contributed by atoms with Crippen molar-refractivity contribution in [2.24, 2.45) is 0 Å². The van der Waals surface area contributed by atoms with Gasteiger partial charge in [-0.05, 0) is 23.8 Å². The Hall–Kier alpha value is -1.37. The van der Waals surface area contributed by atoms with Gasteiger partial charge >= 0.3 is 10.2 Å². The first-order valence-corrected chi connectivity index (χ1v) is 14.1. The lowest BCUT2D eigenvalue weighted by molar-refractivity contribution is -0.514. The minimum Gasteiger partial charge on any atom is -1.00 e. The minimum absolute atomic E-state index is 0. The SMILES string of the molecule is CCCCCCCCCCCCn1c[n+](S(=O)(=O)N(C)C)cc1-c1ccc(C(C)(C)C)cc1.[Cl-]. The van der Waals surface area contributed by atoms with Gasteiger partial charge < -0.3 is 12.4 Å². The van der Waals surface area contributed by atoms with E-state index >= 15 is 0 Å². The third-order valence-electron chi connectivity index (χ3n) is 6.34. The topological polar surface area (TPSA) is 46.2 Å². The van der Waals surface area contributed by atoms with Crippen molar-refractivity contribution in [1.82, 2.24) is 8.87 Å². The number of aromatic nitrogens is 2. The number of halogens is 1. The molecule has 7 heteroatoms. The molecule has 0 amide bonds.